The zero-order chi connectivity index (χ0) is 10.3. The van der Waals surface area contributed by atoms with Crippen molar-refractivity contribution in [3.05, 3.63) is 35.4 Å². The van der Waals surface area contributed by atoms with E-state index in [1.54, 1.807) is 0 Å². The molecule has 0 spiro atoms. The van der Waals surface area contributed by atoms with E-state index in [1.807, 2.05) is 13.8 Å². The largest absolute Gasteiger partial charge is 0.309 e. The summed E-state index contributed by atoms with van der Waals surface area (Å²) in [4.78, 5) is 0. The molecule has 0 amide bonds. The zero-order valence-electron chi connectivity index (χ0n) is 8.27. The molecule has 2 rings (SSSR count). The Balaban J connectivity index is 2.37. The smallest absolute Gasteiger partial charge is 0.128 e. The highest BCUT2D eigenvalue weighted by Gasteiger charge is 2.40. The van der Waals surface area contributed by atoms with Crippen molar-refractivity contribution >= 4 is 0 Å². The van der Waals surface area contributed by atoms with Gasteiger partial charge in [-0.25, -0.2) is 8.78 Å². The predicted octanol–water partition coefficient (Wildman–Crippen LogP) is 2.64. The Kier molecular flexibility index (Phi) is 2.07. The van der Waals surface area contributed by atoms with Gasteiger partial charge in [0.25, 0.3) is 0 Å². The molecule has 1 aliphatic heterocycles. The highest BCUT2D eigenvalue weighted by atomic mass is 19.1. The molecule has 1 atom stereocenters. The molecule has 1 aromatic carbocycles. The lowest BCUT2D eigenvalue weighted by molar-refractivity contribution is 0.124. The number of nitrogens with one attached hydrogen (secondary N) is 1. The van der Waals surface area contributed by atoms with Gasteiger partial charge in [0.15, 0.2) is 0 Å². The summed E-state index contributed by atoms with van der Waals surface area (Å²) in [5.74, 6) is -0.720. The fraction of sp³-hybridized carbons (Fsp3) is 0.455. The molecule has 1 aliphatic rings. The molecule has 1 aromatic rings. The highest BCUT2D eigenvalue weighted by Crippen LogP contribution is 2.41. The van der Waals surface area contributed by atoms with Crippen LogP contribution in [0, 0.1) is 17.0 Å². The lowest BCUT2D eigenvalue weighted by Crippen LogP contribution is -2.52. The summed E-state index contributed by atoms with van der Waals surface area (Å²) in [6.07, 6.45) is 0. The maximum atomic E-state index is 13.4. The molecule has 3 heteroatoms. The van der Waals surface area contributed by atoms with Gasteiger partial charge in [-0.3, -0.25) is 0 Å². The van der Waals surface area contributed by atoms with Crippen LogP contribution in [-0.4, -0.2) is 6.54 Å². The fourth-order valence-electron chi connectivity index (χ4n) is 1.88. The van der Waals surface area contributed by atoms with Crippen molar-refractivity contribution in [1.82, 2.24) is 5.32 Å². The fourth-order valence-corrected chi connectivity index (χ4v) is 1.88. The SMILES string of the molecule is CC1(C)CNC1c1cc(F)ccc1F. The van der Waals surface area contributed by atoms with Crippen LogP contribution in [0.2, 0.25) is 0 Å². The molecule has 1 saturated heterocycles. The monoisotopic (exact) mass is 197 g/mol. The van der Waals surface area contributed by atoms with Crippen LogP contribution in [0.25, 0.3) is 0 Å². The van der Waals surface area contributed by atoms with Gasteiger partial charge in [-0.05, 0) is 23.6 Å². The molecule has 0 aromatic heterocycles. The van der Waals surface area contributed by atoms with Crippen molar-refractivity contribution in [1.29, 1.82) is 0 Å². The third-order valence-electron chi connectivity index (χ3n) is 2.81. The first kappa shape index (κ1) is 9.59. The molecule has 1 fully saturated rings. The van der Waals surface area contributed by atoms with Crippen molar-refractivity contribution in [2.75, 3.05) is 6.54 Å². The summed E-state index contributed by atoms with van der Waals surface area (Å²) >= 11 is 0. The molecule has 1 heterocycles. The van der Waals surface area contributed by atoms with Gasteiger partial charge in [-0.2, -0.15) is 0 Å². The lowest BCUT2D eigenvalue weighted by atomic mass is 9.74. The number of hydrogen-bond acceptors (Lipinski definition) is 1. The summed E-state index contributed by atoms with van der Waals surface area (Å²) in [5.41, 5.74) is 0.440. The molecule has 0 bridgehead atoms. The molecule has 76 valence electrons. The van der Waals surface area contributed by atoms with Gasteiger partial charge in [0.05, 0.1) is 0 Å². The molecule has 1 nitrogen and oxygen atoms in total. The van der Waals surface area contributed by atoms with Crippen LogP contribution in [0.5, 0.6) is 0 Å². The minimum Gasteiger partial charge on any atom is -0.309 e. The topological polar surface area (TPSA) is 12.0 Å². The van der Waals surface area contributed by atoms with Crippen LogP contribution in [-0.2, 0) is 0 Å². The average Bonchev–Trinajstić information content (AvgIpc) is 2.10. The Morgan fingerprint density at radius 3 is 2.57 bits per heavy atom. The third kappa shape index (κ3) is 1.42. The van der Waals surface area contributed by atoms with E-state index in [9.17, 15) is 8.78 Å². The Morgan fingerprint density at radius 1 is 1.36 bits per heavy atom. The molecule has 1 N–H and O–H groups in total. The van der Waals surface area contributed by atoms with Gasteiger partial charge < -0.3 is 5.32 Å². The number of rotatable bonds is 1. The summed E-state index contributed by atoms with van der Waals surface area (Å²) in [6, 6.07) is 3.53. The second kappa shape index (κ2) is 3.02. The van der Waals surface area contributed by atoms with E-state index in [0.717, 1.165) is 12.6 Å². The quantitative estimate of drug-likeness (QED) is 0.729. The summed E-state index contributed by atoms with van der Waals surface area (Å²) in [6.45, 7) is 4.92. The normalized spacial score (nSPS) is 24.4. The lowest BCUT2D eigenvalue weighted by Gasteiger charge is -2.46. The van der Waals surface area contributed by atoms with Crippen molar-refractivity contribution in [2.45, 2.75) is 19.9 Å². The molecular formula is C11H13F2N. The van der Waals surface area contributed by atoms with Gasteiger partial charge >= 0.3 is 0 Å². The molecule has 14 heavy (non-hydrogen) atoms. The summed E-state index contributed by atoms with van der Waals surface area (Å²) < 4.78 is 26.3. The van der Waals surface area contributed by atoms with Crippen LogP contribution < -0.4 is 5.32 Å². The van der Waals surface area contributed by atoms with E-state index in [2.05, 4.69) is 5.32 Å². The molecule has 1 unspecified atom stereocenters. The second-order valence-corrected chi connectivity index (χ2v) is 4.47. The summed E-state index contributed by atoms with van der Waals surface area (Å²) in [7, 11) is 0. The van der Waals surface area contributed by atoms with Gasteiger partial charge in [0, 0.05) is 18.2 Å². The molecule has 0 saturated carbocycles. The Bertz CT molecular complexity index is 360. The first-order valence-electron chi connectivity index (χ1n) is 4.69. The van der Waals surface area contributed by atoms with Gasteiger partial charge in [-0.15, -0.1) is 0 Å². The van der Waals surface area contributed by atoms with Gasteiger partial charge in [0.1, 0.15) is 11.6 Å². The highest BCUT2D eigenvalue weighted by molar-refractivity contribution is 5.26. The van der Waals surface area contributed by atoms with E-state index in [-0.39, 0.29) is 23.1 Å². The van der Waals surface area contributed by atoms with E-state index in [1.165, 1.54) is 12.1 Å². The first-order valence-corrected chi connectivity index (χ1v) is 4.69. The van der Waals surface area contributed by atoms with Crippen molar-refractivity contribution in [3.63, 3.8) is 0 Å². The van der Waals surface area contributed by atoms with Gasteiger partial charge in [-0.1, -0.05) is 13.8 Å². The molecular weight excluding hydrogens is 184 g/mol. The number of benzene rings is 1. The van der Waals surface area contributed by atoms with Crippen LogP contribution >= 0.6 is 0 Å². The van der Waals surface area contributed by atoms with E-state index < -0.39 is 0 Å². The van der Waals surface area contributed by atoms with E-state index >= 15 is 0 Å². The maximum absolute atomic E-state index is 13.4. The third-order valence-corrected chi connectivity index (χ3v) is 2.81. The van der Waals surface area contributed by atoms with Crippen LogP contribution in [0.4, 0.5) is 8.78 Å². The number of halogens is 2. The maximum Gasteiger partial charge on any atom is 0.128 e. The molecule has 0 aliphatic carbocycles. The second-order valence-electron chi connectivity index (χ2n) is 4.47. The van der Waals surface area contributed by atoms with Crippen molar-refractivity contribution < 1.29 is 8.78 Å². The van der Waals surface area contributed by atoms with E-state index in [0.29, 0.717) is 5.56 Å². The minimum atomic E-state index is -0.383. The number of hydrogen-bond donors (Lipinski definition) is 1. The summed E-state index contributed by atoms with van der Waals surface area (Å²) in [5, 5.41) is 3.11. The van der Waals surface area contributed by atoms with Crippen molar-refractivity contribution in [2.24, 2.45) is 5.41 Å². The molecule has 0 radical (unpaired) electrons. The van der Waals surface area contributed by atoms with Gasteiger partial charge in [0.2, 0.25) is 0 Å². The van der Waals surface area contributed by atoms with E-state index in [4.69, 9.17) is 0 Å². The van der Waals surface area contributed by atoms with Crippen molar-refractivity contribution in [3.8, 4) is 0 Å². The Morgan fingerprint density at radius 2 is 2.07 bits per heavy atom. The Labute approximate surface area is 82.1 Å². The zero-order valence-corrected chi connectivity index (χ0v) is 8.27. The van der Waals surface area contributed by atoms with Crippen LogP contribution in [0.1, 0.15) is 25.5 Å². The standard InChI is InChI=1S/C11H13F2N/c1-11(2)6-14-10(11)8-5-7(12)3-4-9(8)13/h3-5,10,14H,6H2,1-2H3. The Hall–Kier alpha value is -0.960. The van der Waals surface area contributed by atoms with Crippen LogP contribution in [0.15, 0.2) is 18.2 Å². The minimum absolute atomic E-state index is 0.00856. The first-order chi connectivity index (χ1) is 6.50. The average molecular weight is 197 g/mol. The van der Waals surface area contributed by atoms with Crippen LogP contribution in [0.3, 0.4) is 0 Å². The predicted molar refractivity (Wildman–Crippen MR) is 50.9 cm³/mol.